The van der Waals surface area contributed by atoms with E-state index in [9.17, 15) is 9.59 Å². The minimum atomic E-state index is -0.780. The van der Waals surface area contributed by atoms with Gasteiger partial charge in [-0.25, -0.2) is 4.79 Å². The van der Waals surface area contributed by atoms with Gasteiger partial charge in [-0.2, -0.15) is 0 Å². The number of carbonyl (C=O) groups excluding carboxylic acids is 2. The van der Waals surface area contributed by atoms with Crippen LogP contribution < -0.4 is 5.32 Å². The Kier molecular flexibility index (Phi) is 11.7. The van der Waals surface area contributed by atoms with E-state index in [-0.39, 0.29) is 17.8 Å². The third kappa shape index (κ3) is 8.69. The first-order chi connectivity index (χ1) is 22.2. The first-order valence-corrected chi connectivity index (χ1v) is 17.0. The number of carbonyl (C=O) groups is 2. The Morgan fingerprint density at radius 1 is 0.936 bits per heavy atom. The van der Waals surface area contributed by atoms with Crippen LogP contribution in [0.4, 0.5) is 0 Å². The van der Waals surface area contributed by atoms with Crippen molar-refractivity contribution in [2.45, 2.75) is 80.1 Å². The van der Waals surface area contributed by atoms with Gasteiger partial charge in [0, 0.05) is 25.0 Å². The van der Waals surface area contributed by atoms with Gasteiger partial charge in [0.05, 0.1) is 41.2 Å². The van der Waals surface area contributed by atoms with E-state index in [1.54, 1.807) is 0 Å². The number of nitrogens with one attached hydrogen (secondary N) is 2. The molecule has 47 heavy (non-hydrogen) atoms. The van der Waals surface area contributed by atoms with E-state index in [1.807, 2.05) is 49.2 Å². The van der Waals surface area contributed by atoms with Gasteiger partial charge < -0.3 is 19.9 Å². The summed E-state index contributed by atoms with van der Waals surface area (Å²) in [6.07, 6.45) is 2.75. The van der Waals surface area contributed by atoms with Crippen molar-refractivity contribution in [1.29, 1.82) is 0 Å². The minimum Gasteiger partial charge on any atom is -0.465 e. The fourth-order valence-electron chi connectivity index (χ4n) is 6.52. The van der Waals surface area contributed by atoms with Crippen molar-refractivity contribution in [2.75, 3.05) is 33.3 Å². The van der Waals surface area contributed by atoms with Crippen molar-refractivity contribution in [3.8, 4) is 11.3 Å². The van der Waals surface area contributed by atoms with E-state index in [1.165, 1.54) is 23.8 Å². The van der Waals surface area contributed by atoms with Gasteiger partial charge in [0.2, 0.25) is 5.91 Å². The summed E-state index contributed by atoms with van der Waals surface area (Å²) < 4.78 is 4.82. The number of nitrogens with zero attached hydrogens (tertiary/aromatic N) is 2. The topological polar surface area (TPSA) is 87.3 Å². The van der Waals surface area contributed by atoms with Crippen molar-refractivity contribution in [2.24, 2.45) is 11.8 Å². The zero-order valence-corrected chi connectivity index (χ0v) is 30.1. The molecule has 0 aliphatic carbocycles. The van der Waals surface area contributed by atoms with Crippen LogP contribution in [-0.2, 0) is 21.4 Å². The molecule has 0 radical (unpaired) electrons. The van der Waals surface area contributed by atoms with Crippen LogP contribution in [0.15, 0.2) is 54.7 Å². The summed E-state index contributed by atoms with van der Waals surface area (Å²) in [5.41, 5.74) is 8.62. The summed E-state index contributed by atoms with van der Waals surface area (Å²) in [5.74, 6) is 0.735. The first kappa shape index (κ1) is 35.9. The standard InChI is InChI=1S/C40H54N4O3/c1-25(2)23-44(24-26(3)4)39(46)40(8,9)35-20-33-34(22-42-35)43-37(32-18-27(5)17-28(6)19-32)36(33)29(7)21-41-16-15-30-11-13-31(14-12-30)38(45)47-10/h11-14,17-20,22,25-26,29,41,43H,15-16,21,23-24H2,1-10H3. The Labute approximate surface area is 281 Å². The molecule has 1 atom stereocenters. The zero-order chi connectivity index (χ0) is 34.5. The fraction of sp³-hybridized carbons (Fsp3) is 0.475. The predicted molar refractivity (Wildman–Crippen MR) is 193 cm³/mol. The Morgan fingerprint density at radius 2 is 1.55 bits per heavy atom. The molecule has 1 amide bonds. The average molecular weight is 639 g/mol. The van der Waals surface area contributed by atoms with Crippen LogP contribution in [0.5, 0.6) is 0 Å². The fourth-order valence-corrected chi connectivity index (χ4v) is 6.52. The number of aromatic nitrogens is 2. The third-order valence-corrected chi connectivity index (χ3v) is 8.78. The van der Waals surface area contributed by atoms with E-state index in [4.69, 9.17) is 9.72 Å². The predicted octanol–water partition coefficient (Wildman–Crippen LogP) is 7.99. The second-order valence-electron chi connectivity index (χ2n) is 14.6. The average Bonchev–Trinajstić information content (AvgIpc) is 3.40. The molecule has 2 aromatic heterocycles. The van der Waals surface area contributed by atoms with Gasteiger partial charge in [-0.3, -0.25) is 9.78 Å². The van der Waals surface area contributed by atoms with E-state index in [2.05, 4.69) is 83.0 Å². The molecule has 7 heteroatoms. The smallest absolute Gasteiger partial charge is 0.337 e. The monoisotopic (exact) mass is 638 g/mol. The Morgan fingerprint density at radius 3 is 2.13 bits per heavy atom. The molecule has 4 rings (SSSR count). The van der Waals surface area contributed by atoms with Crippen molar-refractivity contribution >= 4 is 22.8 Å². The van der Waals surface area contributed by atoms with Crippen LogP contribution in [0.1, 0.15) is 92.7 Å². The van der Waals surface area contributed by atoms with Crippen LogP contribution in [0, 0.1) is 25.7 Å². The SMILES string of the molecule is COC(=O)c1ccc(CCNCC(C)c2c(-c3cc(C)cc(C)c3)[nH]c3cnc(C(C)(C)C(=O)N(CC(C)C)CC(C)C)cc23)cc1. The van der Waals surface area contributed by atoms with E-state index < -0.39 is 5.41 Å². The molecule has 252 valence electrons. The molecule has 0 saturated heterocycles. The van der Waals surface area contributed by atoms with E-state index in [0.29, 0.717) is 17.4 Å². The number of aryl methyl sites for hydroxylation is 2. The lowest BCUT2D eigenvalue weighted by atomic mass is 9.85. The van der Waals surface area contributed by atoms with Gasteiger partial charge in [-0.1, -0.05) is 63.9 Å². The van der Waals surface area contributed by atoms with Gasteiger partial charge in [0.25, 0.3) is 0 Å². The summed E-state index contributed by atoms with van der Waals surface area (Å²) in [6.45, 7) is 22.2. The number of hydrogen-bond donors (Lipinski definition) is 2. The maximum absolute atomic E-state index is 14.1. The molecule has 0 bridgehead atoms. The summed E-state index contributed by atoms with van der Waals surface area (Å²) in [7, 11) is 1.40. The van der Waals surface area contributed by atoms with Crippen molar-refractivity contribution < 1.29 is 14.3 Å². The number of H-pyrrole nitrogens is 1. The molecule has 1 unspecified atom stereocenters. The van der Waals surface area contributed by atoms with Crippen LogP contribution in [0.2, 0.25) is 0 Å². The molecular formula is C40H54N4O3. The third-order valence-electron chi connectivity index (χ3n) is 8.78. The van der Waals surface area contributed by atoms with Crippen molar-refractivity contribution in [3.63, 3.8) is 0 Å². The molecular weight excluding hydrogens is 584 g/mol. The number of pyridine rings is 1. The highest BCUT2D eigenvalue weighted by atomic mass is 16.5. The molecule has 0 spiro atoms. The first-order valence-electron chi connectivity index (χ1n) is 17.0. The molecule has 2 aromatic carbocycles. The molecule has 0 aliphatic heterocycles. The second-order valence-corrected chi connectivity index (χ2v) is 14.6. The number of ether oxygens (including phenoxy) is 1. The summed E-state index contributed by atoms with van der Waals surface area (Å²) in [5, 5.41) is 4.78. The summed E-state index contributed by atoms with van der Waals surface area (Å²) >= 11 is 0. The number of fused-ring (bicyclic) bond motifs is 1. The zero-order valence-electron chi connectivity index (χ0n) is 30.1. The van der Waals surface area contributed by atoms with Gasteiger partial charge in [-0.05, 0) is 105 Å². The van der Waals surface area contributed by atoms with Crippen LogP contribution in [0.25, 0.3) is 22.2 Å². The largest absolute Gasteiger partial charge is 0.465 e. The lowest BCUT2D eigenvalue weighted by Crippen LogP contribution is -2.46. The highest BCUT2D eigenvalue weighted by Crippen LogP contribution is 2.38. The number of hydrogen-bond acceptors (Lipinski definition) is 5. The van der Waals surface area contributed by atoms with Crippen molar-refractivity contribution in [1.82, 2.24) is 20.2 Å². The van der Waals surface area contributed by atoms with Crippen LogP contribution >= 0.6 is 0 Å². The molecule has 0 saturated carbocycles. The van der Waals surface area contributed by atoms with Crippen LogP contribution in [-0.4, -0.2) is 60.0 Å². The number of amides is 1. The quantitative estimate of drug-likeness (QED) is 0.108. The highest BCUT2D eigenvalue weighted by Gasteiger charge is 2.36. The summed E-state index contributed by atoms with van der Waals surface area (Å²) in [4.78, 5) is 36.5. The van der Waals surface area contributed by atoms with Gasteiger partial charge >= 0.3 is 5.97 Å². The second kappa shape index (κ2) is 15.3. The van der Waals surface area contributed by atoms with E-state index in [0.717, 1.165) is 66.0 Å². The molecule has 2 N–H and O–H groups in total. The molecule has 7 nitrogen and oxygen atoms in total. The number of esters is 1. The number of methoxy groups -OCH3 is 1. The molecule has 0 aliphatic rings. The van der Waals surface area contributed by atoms with Crippen LogP contribution in [0.3, 0.4) is 0 Å². The van der Waals surface area contributed by atoms with Gasteiger partial charge in [-0.15, -0.1) is 0 Å². The Bertz CT molecular complexity index is 1650. The number of benzene rings is 2. The molecule has 2 heterocycles. The highest BCUT2D eigenvalue weighted by molar-refractivity contribution is 5.93. The Balaban J connectivity index is 1.66. The van der Waals surface area contributed by atoms with Gasteiger partial charge in [0.15, 0.2) is 0 Å². The maximum Gasteiger partial charge on any atom is 0.337 e. The number of aromatic amines is 1. The molecule has 4 aromatic rings. The van der Waals surface area contributed by atoms with Crippen molar-refractivity contribution in [3.05, 3.63) is 88.2 Å². The minimum absolute atomic E-state index is 0.118. The lowest BCUT2D eigenvalue weighted by Gasteiger charge is -2.34. The lowest BCUT2D eigenvalue weighted by molar-refractivity contribution is -0.137. The van der Waals surface area contributed by atoms with Gasteiger partial charge in [0.1, 0.15) is 0 Å². The number of rotatable bonds is 14. The molecule has 0 fully saturated rings. The maximum atomic E-state index is 14.1. The Hall–Kier alpha value is -3.97. The van der Waals surface area contributed by atoms with E-state index >= 15 is 0 Å². The normalized spacial score (nSPS) is 12.6. The summed E-state index contributed by atoms with van der Waals surface area (Å²) in [6, 6.07) is 16.4.